The molecule has 250 valence electrons. The van der Waals surface area contributed by atoms with Gasteiger partial charge in [-0.15, -0.1) is 0 Å². The predicted molar refractivity (Wildman–Crippen MR) is 191 cm³/mol. The molecule has 14 heteroatoms. The maximum absolute atomic E-state index is 12.7. The maximum Gasteiger partial charge on any atom is 0.248 e. The van der Waals surface area contributed by atoms with Gasteiger partial charge in [-0.25, -0.2) is 0 Å². The number of thiazole rings is 2. The van der Waals surface area contributed by atoms with E-state index in [1.807, 2.05) is 35.1 Å². The number of nitrogens with zero attached hydrogens (tertiary/aromatic N) is 4. The number of unbranched alkanes of at least 4 members (excludes halogenated alkanes) is 5. The van der Waals surface area contributed by atoms with Gasteiger partial charge >= 0.3 is 0 Å². The molecule has 0 N–H and O–H groups in total. The number of amides is 2. The molecule has 2 aromatic heterocycles. The lowest BCUT2D eigenvalue weighted by Gasteiger charge is -2.07. The molecule has 4 aromatic rings. The first-order valence-electron chi connectivity index (χ1n) is 15.5. The van der Waals surface area contributed by atoms with Crippen LogP contribution in [0.5, 0.6) is 0 Å². The van der Waals surface area contributed by atoms with E-state index in [1.165, 1.54) is 22.7 Å². The van der Waals surface area contributed by atoms with Gasteiger partial charge in [0.1, 0.15) is 0 Å². The molecule has 0 fully saturated rings. The monoisotopic (exact) mass is 746 g/mol. The Morgan fingerprint density at radius 1 is 0.652 bits per heavy atom. The average Bonchev–Trinajstić information content (AvgIpc) is 3.51. The zero-order valence-corrected chi connectivity index (χ0v) is 30.6. The van der Waals surface area contributed by atoms with Gasteiger partial charge in [-0.1, -0.05) is 94.8 Å². The highest BCUT2D eigenvalue weighted by Crippen LogP contribution is 2.31. The minimum absolute atomic E-state index is 0.158. The van der Waals surface area contributed by atoms with Crippen molar-refractivity contribution in [1.29, 1.82) is 0 Å². The lowest BCUT2D eigenvalue weighted by atomic mass is 10.1. The zero-order chi connectivity index (χ0) is 33.1. The summed E-state index contributed by atoms with van der Waals surface area (Å²) in [5, 5.41) is 2.13. The lowest BCUT2D eigenvalue weighted by Crippen LogP contribution is -2.20. The van der Waals surface area contributed by atoms with Crippen LogP contribution >= 0.6 is 69.1 Å². The maximum atomic E-state index is 12.7. The second-order valence-electron chi connectivity index (χ2n) is 10.6. The minimum Gasteiger partial charge on any atom is -0.380 e. The number of carbonyl (C=O) groups is 2. The molecule has 0 atom stereocenters. The number of halogens is 4. The molecule has 2 amide bonds. The standard InChI is InChI=1S/C32H38Cl4N4O4S2/c1-3-43-15-13-39-29-23(35)17-21(33)19-25(29)45-31(39)37-27(41)11-9-7-5-6-8-10-12-28(42)38-32-40(14-16-44-4-2)30-24(36)18-22(34)20-26(30)46-32/h17-20H,3-16H2,1-2H3. The summed E-state index contributed by atoms with van der Waals surface area (Å²) in [7, 11) is 0. The van der Waals surface area contributed by atoms with Gasteiger partial charge in [0.05, 0.1) is 43.7 Å². The number of fused-ring (bicyclic) bond motifs is 2. The van der Waals surface area contributed by atoms with E-state index in [2.05, 4.69) is 9.98 Å². The highest BCUT2D eigenvalue weighted by molar-refractivity contribution is 7.16. The molecule has 8 nitrogen and oxygen atoms in total. The van der Waals surface area contributed by atoms with E-state index in [0.717, 1.165) is 59.0 Å². The van der Waals surface area contributed by atoms with Crippen molar-refractivity contribution in [2.75, 3.05) is 26.4 Å². The van der Waals surface area contributed by atoms with Crippen molar-refractivity contribution in [3.05, 3.63) is 54.0 Å². The first-order chi connectivity index (χ1) is 22.2. The number of carbonyl (C=O) groups excluding carboxylic acids is 2. The number of rotatable bonds is 17. The Bertz CT molecular complexity index is 1660. The first-order valence-corrected chi connectivity index (χ1v) is 18.6. The predicted octanol–water partition coefficient (Wildman–Crippen LogP) is 9.08. The SMILES string of the molecule is CCOCCn1c(=NC(=O)CCCCCCCCC(=O)N=c2sc3cc(Cl)cc(Cl)c3n2CCOCC)sc2cc(Cl)cc(Cl)c21. The first kappa shape index (κ1) is 37.1. The van der Waals surface area contributed by atoms with Crippen molar-refractivity contribution < 1.29 is 19.1 Å². The molecule has 2 aromatic carbocycles. The molecule has 0 aliphatic rings. The van der Waals surface area contributed by atoms with Gasteiger partial charge in [-0.05, 0) is 51.0 Å². The second-order valence-corrected chi connectivity index (χ2v) is 14.3. The van der Waals surface area contributed by atoms with Crippen LogP contribution in [0, 0.1) is 0 Å². The number of hydrogen-bond donors (Lipinski definition) is 0. The fraction of sp³-hybridized carbons (Fsp3) is 0.500. The summed E-state index contributed by atoms with van der Waals surface area (Å²) in [5.41, 5.74) is 1.62. The number of hydrogen-bond acceptors (Lipinski definition) is 6. The normalized spacial score (nSPS) is 12.7. The summed E-state index contributed by atoms with van der Waals surface area (Å²) in [4.78, 5) is 35.5. The summed E-state index contributed by atoms with van der Waals surface area (Å²) in [6.07, 6.45) is 6.07. The third-order valence-corrected chi connectivity index (χ3v) is 10.3. The molecule has 0 saturated heterocycles. The van der Waals surface area contributed by atoms with E-state index in [0.29, 0.717) is 82.1 Å². The van der Waals surface area contributed by atoms with E-state index in [9.17, 15) is 9.59 Å². The van der Waals surface area contributed by atoms with Crippen molar-refractivity contribution in [3.63, 3.8) is 0 Å². The van der Waals surface area contributed by atoms with Crippen LogP contribution in [0.3, 0.4) is 0 Å². The van der Waals surface area contributed by atoms with Gasteiger partial charge in [0.15, 0.2) is 9.60 Å². The Balaban J connectivity index is 1.24. The molecule has 0 radical (unpaired) electrons. The van der Waals surface area contributed by atoms with Crippen molar-refractivity contribution in [2.45, 2.75) is 78.3 Å². The molecule has 2 heterocycles. The Hall–Kier alpha value is -1.76. The molecule has 0 aliphatic carbocycles. The fourth-order valence-electron chi connectivity index (χ4n) is 5.03. The number of benzene rings is 2. The van der Waals surface area contributed by atoms with E-state index in [1.54, 1.807) is 12.1 Å². The van der Waals surface area contributed by atoms with Crippen LogP contribution in [0.25, 0.3) is 20.4 Å². The molecule has 0 bridgehead atoms. The van der Waals surface area contributed by atoms with Crippen LogP contribution in [-0.4, -0.2) is 47.4 Å². The molecule has 0 unspecified atom stereocenters. The Morgan fingerprint density at radius 3 is 1.43 bits per heavy atom. The fourth-order valence-corrected chi connectivity index (χ4v) is 8.74. The number of ether oxygens (including phenoxy) is 2. The average molecular weight is 749 g/mol. The second kappa shape index (κ2) is 18.7. The van der Waals surface area contributed by atoms with Crippen LogP contribution in [0.4, 0.5) is 0 Å². The van der Waals surface area contributed by atoms with Crippen molar-refractivity contribution in [3.8, 4) is 0 Å². The molecule has 0 aliphatic heterocycles. The number of aromatic nitrogens is 2. The summed E-state index contributed by atoms with van der Waals surface area (Å²) < 4.78 is 16.7. The summed E-state index contributed by atoms with van der Waals surface area (Å²) >= 11 is 28.2. The minimum atomic E-state index is -0.158. The van der Waals surface area contributed by atoms with Gasteiger partial charge < -0.3 is 18.6 Å². The Kier molecular flexibility index (Phi) is 15.1. The largest absolute Gasteiger partial charge is 0.380 e. The zero-order valence-electron chi connectivity index (χ0n) is 26.0. The molecule has 4 rings (SSSR count). The Morgan fingerprint density at radius 2 is 1.04 bits per heavy atom. The van der Waals surface area contributed by atoms with Gasteiger partial charge in [0, 0.05) is 49.2 Å². The molecular formula is C32H38Cl4N4O4S2. The highest BCUT2D eigenvalue weighted by Gasteiger charge is 2.14. The van der Waals surface area contributed by atoms with Gasteiger partial charge in [-0.2, -0.15) is 9.98 Å². The van der Waals surface area contributed by atoms with Crippen LogP contribution < -0.4 is 9.60 Å². The van der Waals surface area contributed by atoms with E-state index in [-0.39, 0.29) is 11.8 Å². The summed E-state index contributed by atoms with van der Waals surface area (Å²) in [5.74, 6) is -0.316. The quantitative estimate of drug-likeness (QED) is 0.101. The molecule has 46 heavy (non-hydrogen) atoms. The van der Waals surface area contributed by atoms with E-state index >= 15 is 0 Å². The van der Waals surface area contributed by atoms with Crippen molar-refractivity contribution >= 4 is 101 Å². The summed E-state index contributed by atoms with van der Waals surface area (Å²) in [6, 6.07) is 7.08. The van der Waals surface area contributed by atoms with E-state index in [4.69, 9.17) is 55.9 Å². The van der Waals surface area contributed by atoms with E-state index < -0.39 is 0 Å². The third-order valence-electron chi connectivity index (χ3n) is 7.19. The van der Waals surface area contributed by atoms with Crippen LogP contribution in [0.15, 0.2) is 34.3 Å². The van der Waals surface area contributed by atoms with Crippen LogP contribution in [-0.2, 0) is 32.2 Å². The van der Waals surface area contributed by atoms with Crippen LogP contribution in [0.1, 0.15) is 65.2 Å². The lowest BCUT2D eigenvalue weighted by molar-refractivity contribution is -0.119. The van der Waals surface area contributed by atoms with Gasteiger partial charge in [-0.3, -0.25) is 9.59 Å². The third kappa shape index (κ3) is 10.4. The Labute approximate surface area is 296 Å². The smallest absolute Gasteiger partial charge is 0.248 e. The van der Waals surface area contributed by atoms with Crippen molar-refractivity contribution in [2.24, 2.45) is 9.98 Å². The highest BCUT2D eigenvalue weighted by atomic mass is 35.5. The summed E-state index contributed by atoms with van der Waals surface area (Å²) in [6.45, 7) is 7.15. The molecular weight excluding hydrogens is 710 g/mol. The van der Waals surface area contributed by atoms with Gasteiger partial charge in [0.25, 0.3) is 0 Å². The molecule has 0 spiro atoms. The topological polar surface area (TPSA) is 87.2 Å². The molecule has 0 saturated carbocycles. The van der Waals surface area contributed by atoms with Gasteiger partial charge in [0.2, 0.25) is 11.8 Å². The van der Waals surface area contributed by atoms with Crippen LogP contribution in [0.2, 0.25) is 20.1 Å². The van der Waals surface area contributed by atoms with Crippen molar-refractivity contribution in [1.82, 2.24) is 9.13 Å².